The summed E-state index contributed by atoms with van der Waals surface area (Å²) < 4.78 is 5.61. The van der Waals surface area contributed by atoms with Crippen molar-refractivity contribution in [2.75, 3.05) is 26.0 Å². The maximum Gasteiger partial charge on any atom is 0.191 e. The Kier molecular flexibility index (Phi) is 7.36. The minimum absolute atomic E-state index is 0.537. The van der Waals surface area contributed by atoms with Gasteiger partial charge in [-0.25, -0.2) is 4.99 Å². The molecule has 0 saturated heterocycles. The molecule has 1 aliphatic carbocycles. The van der Waals surface area contributed by atoms with Crippen molar-refractivity contribution in [1.82, 2.24) is 15.6 Å². The first-order valence-corrected chi connectivity index (χ1v) is 9.21. The highest BCUT2D eigenvalue weighted by molar-refractivity contribution is 7.99. The summed E-state index contributed by atoms with van der Waals surface area (Å²) in [6.45, 7) is 4.14. The number of thioether (sulfide) groups is 1. The molecule has 2 unspecified atom stereocenters. The fourth-order valence-electron chi connectivity index (χ4n) is 2.55. The molecule has 1 fully saturated rings. The molecule has 122 valence electrons. The highest BCUT2D eigenvalue weighted by Crippen LogP contribution is 2.27. The van der Waals surface area contributed by atoms with E-state index in [2.05, 4.69) is 33.8 Å². The van der Waals surface area contributed by atoms with Crippen molar-refractivity contribution in [3.8, 4) is 5.75 Å². The van der Waals surface area contributed by atoms with Crippen LogP contribution in [0, 0.1) is 0 Å². The van der Waals surface area contributed by atoms with Crippen LogP contribution in [0.1, 0.15) is 26.2 Å². The third kappa shape index (κ3) is 5.75. The number of nitrogens with zero attached hydrogens (tertiary/aromatic N) is 2. The predicted octanol–water partition coefficient (Wildman–Crippen LogP) is 2.30. The number of nitrogens with one attached hydrogen (secondary N) is 2. The van der Waals surface area contributed by atoms with Gasteiger partial charge < -0.3 is 15.4 Å². The second kappa shape index (κ2) is 9.56. The van der Waals surface area contributed by atoms with Gasteiger partial charge in [0, 0.05) is 24.0 Å². The molecule has 5 nitrogen and oxygen atoms in total. The van der Waals surface area contributed by atoms with E-state index < -0.39 is 0 Å². The van der Waals surface area contributed by atoms with Crippen LogP contribution in [0.25, 0.3) is 0 Å². The number of hydrogen-bond acceptors (Lipinski definition) is 4. The van der Waals surface area contributed by atoms with Crippen molar-refractivity contribution >= 4 is 17.7 Å². The van der Waals surface area contributed by atoms with Gasteiger partial charge in [0.2, 0.25) is 0 Å². The number of pyridine rings is 1. The summed E-state index contributed by atoms with van der Waals surface area (Å²) in [5.74, 6) is 1.68. The summed E-state index contributed by atoms with van der Waals surface area (Å²) in [6, 6.07) is 4.31. The second-order valence-electron chi connectivity index (χ2n) is 5.31. The van der Waals surface area contributed by atoms with Gasteiger partial charge in [-0.15, -0.1) is 0 Å². The van der Waals surface area contributed by atoms with Gasteiger partial charge >= 0.3 is 0 Å². The lowest BCUT2D eigenvalue weighted by Gasteiger charge is -2.17. The van der Waals surface area contributed by atoms with E-state index in [-0.39, 0.29) is 0 Å². The van der Waals surface area contributed by atoms with Crippen molar-refractivity contribution in [2.24, 2.45) is 4.99 Å². The average molecular weight is 322 g/mol. The van der Waals surface area contributed by atoms with Crippen LogP contribution in [0.2, 0.25) is 0 Å². The lowest BCUT2D eigenvalue weighted by Crippen LogP contribution is -2.42. The molecular formula is C16H26N4OS. The van der Waals surface area contributed by atoms with E-state index >= 15 is 0 Å². The quantitative estimate of drug-likeness (QED) is 0.458. The summed E-state index contributed by atoms with van der Waals surface area (Å²) in [5.41, 5.74) is 0. The largest absolute Gasteiger partial charge is 0.490 e. The number of guanidine groups is 1. The van der Waals surface area contributed by atoms with E-state index in [1.165, 1.54) is 19.3 Å². The molecular weight excluding hydrogens is 296 g/mol. The molecule has 0 amide bonds. The Morgan fingerprint density at radius 2 is 2.41 bits per heavy atom. The number of aliphatic imine (C=N–C) groups is 1. The molecule has 2 atom stereocenters. The molecule has 0 radical (unpaired) electrons. The Morgan fingerprint density at radius 1 is 1.50 bits per heavy atom. The minimum Gasteiger partial charge on any atom is -0.490 e. The van der Waals surface area contributed by atoms with Gasteiger partial charge in [0.25, 0.3) is 0 Å². The summed E-state index contributed by atoms with van der Waals surface area (Å²) in [7, 11) is 0. The van der Waals surface area contributed by atoms with Crippen LogP contribution in [-0.4, -0.2) is 48.2 Å². The van der Waals surface area contributed by atoms with Gasteiger partial charge in [-0.3, -0.25) is 4.98 Å². The molecule has 1 aliphatic rings. The second-order valence-corrected chi connectivity index (χ2v) is 6.45. The van der Waals surface area contributed by atoms with Crippen LogP contribution in [-0.2, 0) is 0 Å². The molecule has 2 N–H and O–H groups in total. The van der Waals surface area contributed by atoms with Gasteiger partial charge in [0.1, 0.15) is 12.4 Å². The fraction of sp³-hybridized carbons (Fsp3) is 0.625. The monoisotopic (exact) mass is 322 g/mol. The third-order valence-corrected chi connectivity index (χ3v) is 4.76. The normalized spacial score (nSPS) is 21.6. The van der Waals surface area contributed by atoms with Gasteiger partial charge in [0.05, 0.1) is 12.7 Å². The van der Waals surface area contributed by atoms with Gasteiger partial charge in [-0.05, 0) is 44.6 Å². The van der Waals surface area contributed by atoms with E-state index in [9.17, 15) is 0 Å². The molecule has 22 heavy (non-hydrogen) atoms. The number of hydrogen-bond donors (Lipinski definition) is 2. The van der Waals surface area contributed by atoms with Crippen LogP contribution in [0.3, 0.4) is 0 Å². The summed E-state index contributed by atoms with van der Waals surface area (Å²) in [6.07, 6.45) is 9.39. The molecule has 6 heteroatoms. The van der Waals surface area contributed by atoms with E-state index in [0.29, 0.717) is 19.2 Å². The first kappa shape index (κ1) is 16.9. The summed E-state index contributed by atoms with van der Waals surface area (Å²) in [4.78, 5) is 8.61. The molecule has 0 aromatic carbocycles. The van der Waals surface area contributed by atoms with Crippen LogP contribution in [0.4, 0.5) is 0 Å². The Bertz CT molecular complexity index is 455. The van der Waals surface area contributed by atoms with Crippen LogP contribution >= 0.6 is 11.8 Å². The molecule has 0 spiro atoms. The fourth-order valence-corrected chi connectivity index (χ4v) is 3.35. The Hall–Kier alpha value is -1.43. The molecule has 1 aromatic heterocycles. The first-order valence-electron chi connectivity index (χ1n) is 7.92. The maximum absolute atomic E-state index is 5.61. The van der Waals surface area contributed by atoms with Gasteiger partial charge in [-0.2, -0.15) is 11.8 Å². The van der Waals surface area contributed by atoms with E-state index in [1.807, 2.05) is 23.9 Å². The average Bonchev–Trinajstić information content (AvgIpc) is 3.00. The van der Waals surface area contributed by atoms with E-state index in [1.54, 1.807) is 12.4 Å². The van der Waals surface area contributed by atoms with Crippen LogP contribution < -0.4 is 15.4 Å². The number of rotatable bonds is 7. The Labute approximate surface area is 137 Å². The number of ether oxygens (including phenoxy) is 1. The SMILES string of the molecule is CCNC(=NCCOc1cccnc1)NC1CCC(SC)C1. The highest BCUT2D eigenvalue weighted by Gasteiger charge is 2.24. The van der Waals surface area contributed by atoms with E-state index in [4.69, 9.17) is 4.74 Å². The zero-order valence-corrected chi connectivity index (χ0v) is 14.2. The van der Waals surface area contributed by atoms with Crippen molar-refractivity contribution in [3.63, 3.8) is 0 Å². The predicted molar refractivity (Wildman–Crippen MR) is 93.8 cm³/mol. The molecule has 2 rings (SSSR count). The molecule has 0 aliphatic heterocycles. The Morgan fingerprint density at radius 3 is 3.09 bits per heavy atom. The van der Waals surface area contributed by atoms with Crippen molar-refractivity contribution in [2.45, 2.75) is 37.5 Å². The topological polar surface area (TPSA) is 58.5 Å². The first-order chi connectivity index (χ1) is 10.8. The summed E-state index contributed by atoms with van der Waals surface area (Å²) in [5, 5.41) is 7.63. The van der Waals surface area contributed by atoms with E-state index in [0.717, 1.165) is 23.5 Å². The smallest absolute Gasteiger partial charge is 0.191 e. The zero-order chi connectivity index (χ0) is 15.6. The van der Waals surface area contributed by atoms with Gasteiger partial charge in [-0.1, -0.05) is 0 Å². The van der Waals surface area contributed by atoms with Crippen LogP contribution in [0.5, 0.6) is 5.75 Å². The highest BCUT2D eigenvalue weighted by atomic mass is 32.2. The van der Waals surface area contributed by atoms with Gasteiger partial charge in [0.15, 0.2) is 5.96 Å². The lowest BCUT2D eigenvalue weighted by atomic mass is 10.2. The van der Waals surface area contributed by atoms with Crippen molar-refractivity contribution < 1.29 is 4.74 Å². The minimum atomic E-state index is 0.537. The Balaban J connectivity index is 1.75. The maximum atomic E-state index is 5.61. The van der Waals surface area contributed by atoms with Crippen molar-refractivity contribution in [3.05, 3.63) is 24.5 Å². The van der Waals surface area contributed by atoms with Crippen molar-refractivity contribution in [1.29, 1.82) is 0 Å². The standard InChI is InChI=1S/C16H26N4OS/c1-3-18-16(20-13-6-7-15(11-13)22-2)19-9-10-21-14-5-4-8-17-12-14/h4-5,8,12-13,15H,3,6-7,9-11H2,1-2H3,(H2,18,19,20). The third-order valence-electron chi connectivity index (χ3n) is 3.67. The number of aromatic nitrogens is 1. The zero-order valence-electron chi connectivity index (χ0n) is 13.4. The molecule has 1 aromatic rings. The molecule has 1 heterocycles. The van der Waals surface area contributed by atoms with Crippen LogP contribution in [0.15, 0.2) is 29.5 Å². The molecule has 0 bridgehead atoms. The lowest BCUT2D eigenvalue weighted by molar-refractivity contribution is 0.327. The molecule has 1 saturated carbocycles. The summed E-state index contributed by atoms with van der Waals surface area (Å²) >= 11 is 1.97.